The molecule has 0 radical (unpaired) electrons. The molecule has 1 aliphatic carbocycles. The summed E-state index contributed by atoms with van der Waals surface area (Å²) >= 11 is 0. The summed E-state index contributed by atoms with van der Waals surface area (Å²) in [4.78, 5) is 12.7. The Morgan fingerprint density at radius 3 is 1.86 bits per heavy atom. The topological polar surface area (TPSA) is 102 Å². The van der Waals surface area contributed by atoms with Crippen LogP contribution in [0.3, 0.4) is 0 Å². The molecule has 37 heavy (non-hydrogen) atoms. The maximum atomic E-state index is 12.7. The Morgan fingerprint density at radius 2 is 1.38 bits per heavy atom. The molecular formula is C28H36O9. The third kappa shape index (κ3) is 4.75. The van der Waals surface area contributed by atoms with E-state index in [1.54, 1.807) is 33.1 Å². The van der Waals surface area contributed by atoms with E-state index in [-0.39, 0.29) is 5.92 Å². The first-order chi connectivity index (χ1) is 17.6. The molecule has 0 amide bonds. The zero-order valence-electron chi connectivity index (χ0n) is 22.9. The van der Waals surface area contributed by atoms with Crippen LogP contribution in [-0.4, -0.2) is 59.3 Å². The second-order valence-electron chi connectivity index (χ2n) is 8.94. The number of ether oxygens (including phenoxy) is 7. The second kappa shape index (κ2) is 11.2. The van der Waals surface area contributed by atoms with E-state index < -0.39 is 17.7 Å². The fourth-order valence-electron chi connectivity index (χ4n) is 4.87. The number of methoxy groups -OCH3 is 6. The summed E-state index contributed by atoms with van der Waals surface area (Å²) in [5, 5.41) is 11.9. The van der Waals surface area contributed by atoms with Crippen molar-refractivity contribution in [2.75, 3.05) is 42.7 Å². The Labute approximate surface area is 217 Å². The van der Waals surface area contributed by atoms with E-state index in [1.807, 2.05) is 13.0 Å². The average Bonchev–Trinajstić information content (AvgIpc) is 2.89. The highest BCUT2D eigenvalue weighted by Crippen LogP contribution is 2.58. The summed E-state index contributed by atoms with van der Waals surface area (Å²) in [6.07, 6.45) is 2.18. The highest BCUT2D eigenvalue weighted by Gasteiger charge is 2.46. The molecule has 2 aromatic carbocycles. The molecule has 0 bridgehead atoms. The molecule has 0 aliphatic heterocycles. The van der Waals surface area contributed by atoms with Crippen molar-refractivity contribution in [1.82, 2.24) is 0 Å². The minimum Gasteiger partial charge on any atom is -0.493 e. The number of aliphatic hydroxyl groups is 1. The second-order valence-corrected chi connectivity index (χ2v) is 8.94. The van der Waals surface area contributed by atoms with Crippen molar-refractivity contribution in [2.45, 2.75) is 38.9 Å². The van der Waals surface area contributed by atoms with Crippen molar-refractivity contribution in [3.05, 3.63) is 35.4 Å². The van der Waals surface area contributed by atoms with Gasteiger partial charge in [0.2, 0.25) is 11.5 Å². The Hall–Kier alpha value is -3.59. The SMILES string of the molecule is CC=CC(=O)O[C@H]1c2cc(OC)c(OC)c(OC)c2-c2c(cc(OC)c(OC)c2OC)C[C@H](C)[C@]1(C)O. The zero-order valence-corrected chi connectivity index (χ0v) is 22.9. The first-order valence-electron chi connectivity index (χ1n) is 11.9. The number of benzene rings is 2. The lowest BCUT2D eigenvalue weighted by atomic mass is 9.73. The molecule has 9 nitrogen and oxygen atoms in total. The Balaban J connectivity index is 2.60. The van der Waals surface area contributed by atoms with Crippen molar-refractivity contribution >= 4 is 5.97 Å². The number of carbonyl (C=O) groups excluding carboxylic acids is 1. The molecule has 0 fully saturated rings. The third-order valence-electron chi connectivity index (χ3n) is 6.90. The van der Waals surface area contributed by atoms with Gasteiger partial charge in [-0.2, -0.15) is 0 Å². The van der Waals surface area contributed by atoms with Crippen molar-refractivity contribution in [2.24, 2.45) is 5.92 Å². The van der Waals surface area contributed by atoms with Crippen LogP contribution in [0.5, 0.6) is 34.5 Å². The van der Waals surface area contributed by atoms with Gasteiger partial charge in [-0.1, -0.05) is 13.0 Å². The molecule has 9 heteroatoms. The van der Waals surface area contributed by atoms with Gasteiger partial charge in [0.15, 0.2) is 29.1 Å². The Bertz CT molecular complexity index is 1180. The highest BCUT2D eigenvalue weighted by atomic mass is 16.6. The monoisotopic (exact) mass is 516 g/mol. The maximum Gasteiger partial charge on any atom is 0.331 e. The molecule has 0 saturated carbocycles. The van der Waals surface area contributed by atoms with Gasteiger partial charge in [0.1, 0.15) is 5.60 Å². The van der Waals surface area contributed by atoms with Crippen LogP contribution < -0.4 is 28.4 Å². The van der Waals surface area contributed by atoms with Gasteiger partial charge in [-0.15, -0.1) is 0 Å². The fourth-order valence-corrected chi connectivity index (χ4v) is 4.87. The molecular weight excluding hydrogens is 480 g/mol. The van der Waals surface area contributed by atoms with Crippen molar-refractivity contribution < 1.29 is 43.1 Å². The average molecular weight is 517 g/mol. The van der Waals surface area contributed by atoms with Gasteiger partial charge in [0, 0.05) is 22.8 Å². The number of esters is 1. The van der Waals surface area contributed by atoms with E-state index in [0.717, 1.165) is 5.56 Å². The number of rotatable bonds is 8. The van der Waals surface area contributed by atoms with Crippen LogP contribution in [0.25, 0.3) is 11.1 Å². The van der Waals surface area contributed by atoms with Crippen LogP contribution in [0.2, 0.25) is 0 Å². The number of hydrogen-bond donors (Lipinski definition) is 1. The van der Waals surface area contributed by atoms with Crippen LogP contribution >= 0.6 is 0 Å². The van der Waals surface area contributed by atoms with Gasteiger partial charge in [-0.05, 0) is 43.9 Å². The van der Waals surface area contributed by atoms with Crippen molar-refractivity contribution in [3.63, 3.8) is 0 Å². The molecule has 2 aromatic rings. The van der Waals surface area contributed by atoms with Crippen molar-refractivity contribution in [3.8, 4) is 45.6 Å². The molecule has 0 aromatic heterocycles. The van der Waals surface area contributed by atoms with Gasteiger partial charge >= 0.3 is 5.97 Å². The minimum absolute atomic E-state index is 0.320. The van der Waals surface area contributed by atoms with Gasteiger partial charge in [-0.25, -0.2) is 4.79 Å². The van der Waals surface area contributed by atoms with Crippen LogP contribution in [0, 0.1) is 5.92 Å². The third-order valence-corrected chi connectivity index (χ3v) is 6.90. The molecule has 0 spiro atoms. The Kier molecular flexibility index (Phi) is 8.48. The fraction of sp³-hybridized carbons (Fsp3) is 0.464. The number of carbonyl (C=O) groups is 1. The molecule has 3 atom stereocenters. The summed E-state index contributed by atoms with van der Waals surface area (Å²) in [6.45, 7) is 5.26. The van der Waals surface area contributed by atoms with Crippen LogP contribution in [-0.2, 0) is 16.0 Å². The molecule has 0 saturated heterocycles. The largest absolute Gasteiger partial charge is 0.493 e. The summed E-state index contributed by atoms with van der Waals surface area (Å²) in [5.74, 6) is 1.28. The summed E-state index contributed by atoms with van der Waals surface area (Å²) < 4.78 is 40.3. The number of hydrogen-bond acceptors (Lipinski definition) is 9. The highest BCUT2D eigenvalue weighted by molar-refractivity contribution is 5.89. The van der Waals surface area contributed by atoms with Gasteiger partial charge in [0.05, 0.1) is 42.7 Å². The van der Waals surface area contributed by atoms with E-state index in [1.165, 1.54) is 41.6 Å². The summed E-state index contributed by atoms with van der Waals surface area (Å²) in [6, 6.07) is 3.55. The predicted octanol–water partition coefficient (Wildman–Crippen LogP) is 4.51. The van der Waals surface area contributed by atoms with E-state index in [0.29, 0.717) is 57.6 Å². The lowest BCUT2D eigenvalue weighted by molar-refractivity contribution is -0.165. The predicted molar refractivity (Wildman–Crippen MR) is 138 cm³/mol. The Morgan fingerprint density at radius 1 is 0.865 bits per heavy atom. The zero-order chi connectivity index (χ0) is 27.5. The standard InChI is InChI=1S/C28H36O9/c1-10-11-20(29)37-27-17-14-19(32-5)24(34-7)26(36-9)22(17)21-16(12-15(2)28(27,3)30)13-18(31-4)23(33-6)25(21)35-8/h10-11,13-15,27,30H,12H2,1-9H3/t15-,27-,28-/m0/s1. The normalized spacial score (nSPS) is 20.7. The van der Waals surface area contributed by atoms with Crippen LogP contribution in [0.1, 0.15) is 38.0 Å². The molecule has 0 unspecified atom stereocenters. The van der Waals surface area contributed by atoms with Gasteiger partial charge < -0.3 is 38.3 Å². The van der Waals surface area contributed by atoms with E-state index in [9.17, 15) is 9.90 Å². The molecule has 3 rings (SSSR count). The molecule has 0 heterocycles. The maximum absolute atomic E-state index is 12.7. The first-order valence-corrected chi connectivity index (χ1v) is 11.9. The number of fused-ring (bicyclic) bond motifs is 3. The minimum atomic E-state index is -1.49. The van der Waals surface area contributed by atoms with Crippen LogP contribution in [0.15, 0.2) is 24.3 Å². The summed E-state index contributed by atoms with van der Waals surface area (Å²) in [7, 11) is 9.11. The quantitative estimate of drug-likeness (QED) is 0.401. The molecule has 1 aliphatic rings. The lowest BCUT2D eigenvalue weighted by Crippen LogP contribution is -2.43. The smallest absolute Gasteiger partial charge is 0.331 e. The van der Waals surface area contributed by atoms with E-state index in [4.69, 9.17) is 33.2 Å². The van der Waals surface area contributed by atoms with E-state index >= 15 is 0 Å². The first kappa shape index (κ1) is 28.0. The van der Waals surface area contributed by atoms with Crippen molar-refractivity contribution in [1.29, 1.82) is 0 Å². The van der Waals surface area contributed by atoms with E-state index in [2.05, 4.69) is 0 Å². The molecule has 1 N–H and O–H groups in total. The van der Waals surface area contributed by atoms with Gasteiger partial charge in [0.25, 0.3) is 0 Å². The summed E-state index contributed by atoms with van der Waals surface area (Å²) in [5.41, 5.74) is 0.929. The number of allylic oxidation sites excluding steroid dienone is 1. The van der Waals surface area contributed by atoms with Crippen LogP contribution in [0.4, 0.5) is 0 Å². The van der Waals surface area contributed by atoms with Gasteiger partial charge in [-0.3, -0.25) is 0 Å². The molecule has 202 valence electrons. The lowest BCUT2D eigenvalue weighted by Gasteiger charge is -2.41.